The number of phenolic OH excluding ortho intramolecular Hbond substituents is 1. The number of pyridine rings is 1. The molecular formula is C42H42FN7O7S. The lowest BCUT2D eigenvalue weighted by Crippen LogP contribution is -2.51. The van der Waals surface area contributed by atoms with Crippen LogP contribution in [0.2, 0.25) is 0 Å². The summed E-state index contributed by atoms with van der Waals surface area (Å²) in [6.45, 7) is 0.0250. The number of ether oxygens (including phenoxy) is 1. The molecule has 3 N–H and O–H groups in total. The number of aryl methyl sites for hydroxylation is 2. The number of hydrogen-bond acceptors (Lipinski definition) is 9. The number of aliphatic hydroxyl groups is 1. The Kier molecular flexibility index (Phi) is 10.1. The number of benzene rings is 3. The molecule has 1 fully saturated rings. The van der Waals surface area contributed by atoms with Crippen molar-refractivity contribution in [1.82, 2.24) is 33.2 Å². The van der Waals surface area contributed by atoms with E-state index in [9.17, 15) is 28.2 Å². The number of amides is 1. The number of fused-ring (bicyclic) bond motifs is 3. The number of rotatable bonds is 11. The summed E-state index contributed by atoms with van der Waals surface area (Å²) in [4.78, 5) is 32.2. The molecule has 1 amide bonds. The zero-order chi connectivity index (χ0) is 40.8. The van der Waals surface area contributed by atoms with Crippen molar-refractivity contribution < 1.29 is 32.6 Å². The molecule has 7 aromatic rings. The van der Waals surface area contributed by atoms with Crippen LogP contribution in [0.15, 0.2) is 107 Å². The average molecular weight is 808 g/mol. The largest absolute Gasteiger partial charge is 0.508 e. The zero-order valence-electron chi connectivity index (χ0n) is 31.9. The van der Waals surface area contributed by atoms with Gasteiger partial charge >= 0.3 is 11.8 Å². The summed E-state index contributed by atoms with van der Waals surface area (Å²) in [7, 11) is -1.34. The van der Waals surface area contributed by atoms with Crippen LogP contribution in [-0.2, 0) is 35.5 Å². The fourth-order valence-corrected chi connectivity index (χ4v) is 9.84. The Morgan fingerprint density at radius 3 is 2.31 bits per heavy atom. The van der Waals surface area contributed by atoms with Crippen LogP contribution in [0.5, 0.6) is 5.75 Å². The second-order valence-corrected chi connectivity index (χ2v) is 16.6. The van der Waals surface area contributed by atoms with E-state index in [2.05, 4.69) is 10.4 Å². The molecule has 0 saturated heterocycles. The molecule has 16 heteroatoms. The molecule has 14 nitrogen and oxygen atoms in total. The first-order valence-electron chi connectivity index (χ1n) is 19.0. The first-order chi connectivity index (χ1) is 27.9. The summed E-state index contributed by atoms with van der Waals surface area (Å²) in [5.74, 6) is -0.958. The maximum atomic E-state index is 16.0. The Hall–Kier alpha value is -6.26. The molecule has 0 unspecified atom stereocenters. The number of phenols is 1. The maximum Gasteiger partial charge on any atom is 0.407 e. The summed E-state index contributed by atoms with van der Waals surface area (Å²) in [5.41, 5.74) is 1.09. The average Bonchev–Trinajstić information content (AvgIpc) is 3.84. The number of carbonyl (C=O) groups is 1. The van der Waals surface area contributed by atoms with E-state index in [4.69, 9.17) is 9.72 Å². The van der Waals surface area contributed by atoms with Gasteiger partial charge in [0.05, 0.1) is 38.8 Å². The van der Waals surface area contributed by atoms with Crippen molar-refractivity contribution in [3.63, 3.8) is 0 Å². The molecule has 0 spiro atoms. The first-order valence-corrected chi connectivity index (χ1v) is 20.4. The summed E-state index contributed by atoms with van der Waals surface area (Å²) in [5, 5.41) is 27.4. The minimum Gasteiger partial charge on any atom is -0.508 e. The van der Waals surface area contributed by atoms with Crippen LogP contribution in [0, 0.1) is 5.95 Å². The first kappa shape index (κ1) is 38.6. The highest BCUT2D eigenvalue weighted by atomic mass is 32.2. The predicted molar refractivity (Wildman–Crippen MR) is 215 cm³/mol. The van der Waals surface area contributed by atoms with Crippen LogP contribution < -0.4 is 11.0 Å². The minimum atomic E-state index is -4.48. The van der Waals surface area contributed by atoms with Crippen molar-refractivity contribution in [1.29, 1.82) is 0 Å². The highest BCUT2D eigenvalue weighted by Crippen LogP contribution is 2.47. The summed E-state index contributed by atoms with van der Waals surface area (Å²) in [6, 6.07) is 22.8. The van der Waals surface area contributed by atoms with Crippen molar-refractivity contribution in [2.75, 3.05) is 6.61 Å². The fraction of sp³-hybridized carbons (Fsp3) is 0.286. The summed E-state index contributed by atoms with van der Waals surface area (Å²) in [6.07, 6.45) is 4.98. The molecule has 4 aromatic heterocycles. The number of nitrogens with one attached hydrogen (secondary N) is 1. The van der Waals surface area contributed by atoms with Gasteiger partial charge in [0, 0.05) is 44.0 Å². The van der Waals surface area contributed by atoms with Gasteiger partial charge in [-0.2, -0.15) is 4.39 Å². The standard InChI is InChI=1S/C42H42FN7O7S/c1-47-25-32(38(43)46-47)36-34(28-14-16-30(52)17-15-28)35-37-33(24-44-39(35)50(36)58(55,56)31-12-7-4-8-13-31)48(2)41(54)49(37)29-18-21-42(22-19-29,20-9-23-51)45-40(53)57-26-27-10-5-3-6-11-27/h3-8,10-17,24-25,29,51-52H,9,18-23,26H2,1-2H3,(H,45,53). The smallest absolute Gasteiger partial charge is 0.407 e. The predicted octanol–water partition coefficient (Wildman–Crippen LogP) is 6.39. The zero-order valence-corrected chi connectivity index (χ0v) is 32.7. The van der Waals surface area contributed by atoms with Gasteiger partial charge in [-0.1, -0.05) is 60.7 Å². The topological polar surface area (TPSA) is 176 Å². The Morgan fingerprint density at radius 1 is 1.00 bits per heavy atom. The van der Waals surface area contributed by atoms with E-state index in [1.165, 1.54) is 53.0 Å². The van der Waals surface area contributed by atoms with Crippen LogP contribution in [-0.4, -0.2) is 64.7 Å². The van der Waals surface area contributed by atoms with E-state index < -0.39 is 33.6 Å². The van der Waals surface area contributed by atoms with Gasteiger partial charge in [-0.3, -0.25) is 13.8 Å². The molecule has 1 aliphatic carbocycles. The summed E-state index contributed by atoms with van der Waals surface area (Å²) < 4.78 is 56.6. The number of nitrogens with zero attached hydrogens (tertiary/aromatic N) is 6. The van der Waals surface area contributed by atoms with E-state index in [1.807, 2.05) is 30.3 Å². The quantitative estimate of drug-likeness (QED) is 0.134. The third kappa shape index (κ3) is 6.81. The molecule has 300 valence electrons. The van der Waals surface area contributed by atoms with Crippen LogP contribution in [0.3, 0.4) is 0 Å². The lowest BCUT2D eigenvalue weighted by atomic mass is 9.76. The number of imidazole rings is 1. The molecule has 4 heterocycles. The Morgan fingerprint density at radius 2 is 1.67 bits per heavy atom. The molecule has 0 aliphatic heterocycles. The van der Waals surface area contributed by atoms with Gasteiger partial charge in [-0.25, -0.2) is 27.0 Å². The molecule has 58 heavy (non-hydrogen) atoms. The van der Waals surface area contributed by atoms with Crippen LogP contribution >= 0.6 is 0 Å². The number of alkyl carbamates (subject to hydrolysis) is 1. The number of hydrogen-bond donors (Lipinski definition) is 3. The van der Waals surface area contributed by atoms with Crippen LogP contribution in [0.1, 0.15) is 50.1 Å². The van der Waals surface area contributed by atoms with Gasteiger partial charge in [0.25, 0.3) is 10.0 Å². The van der Waals surface area contributed by atoms with Crippen LogP contribution in [0.4, 0.5) is 9.18 Å². The monoisotopic (exact) mass is 807 g/mol. The molecule has 0 atom stereocenters. The fourth-order valence-electron chi connectivity index (χ4n) is 8.33. The Balaban J connectivity index is 1.31. The highest BCUT2D eigenvalue weighted by Gasteiger charge is 2.40. The van der Waals surface area contributed by atoms with Gasteiger partial charge in [-0.05, 0) is 73.9 Å². The van der Waals surface area contributed by atoms with E-state index in [0.717, 1.165) is 9.54 Å². The maximum absolute atomic E-state index is 16.0. The number of aromatic hydroxyl groups is 1. The number of carbonyl (C=O) groups excluding carboxylic acids is 1. The molecule has 1 aliphatic rings. The molecule has 1 saturated carbocycles. The van der Waals surface area contributed by atoms with Gasteiger partial charge in [0.15, 0.2) is 5.65 Å². The molecule has 0 bridgehead atoms. The van der Waals surface area contributed by atoms with Crippen molar-refractivity contribution in [2.24, 2.45) is 14.1 Å². The van der Waals surface area contributed by atoms with E-state index >= 15 is 4.39 Å². The van der Waals surface area contributed by atoms with Gasteiger partial charge in [-0.15, -0.1) is 5.10 Å². The lowest BCUT2D eigenvalue weighted by molar-refractivity contribution is 0.105. The second kappa shape index (κ2) is 15.2. The third-order valence-corrected chi connectivity index (χ3v) is 12.8. The minimum absolute atomic E-state index is 0.0343. The van der Waals surface area contributed by atoms with Crippen molar-refractivity contribution in [3.8, 4) is 28.1 Å². The summed E-state index contributed by atoms with van der Waals surface area (Å²) >= 11 is 0. The van der Waals surface area contributed by atoms with Gasteiger partial charge < -0.3 is 20.3 Å². The van der Waals surface area contributed by atoms with Crippen LogP contribution in [0.25, 0.3) is 44.5 Å². The van der Waals surface area contributed by atoms with E-state index in [0.29, 0.717) is 60.5 Å². The van der Waals surface area contributed by atoms with Gasteiger partial charge in [0.2, 0.25) is 5.95 Å². The van der Waals surface area contributed by atoms with Gasteiger partial charge in [0.1, 0.15) is 12.4 Å². The van der Waals surface area contributed by atoms with Crippen molar-refractivity contribution >= 4 is 38.2 Å². The highest BCUT2D eigenvalue weighted by molar-refractivity contribution is 7.90. The normalized spacial score (nSPS) is 17.2. The molecule has 3 aromatic carbocycles. The molecule has 0 radical (unpaired) electrons. The van der Waals surface area contributed by atoms with E-state index in [1.54, 1.807) is 41.9 Å². The number of aromatic nitrogens is 6. The molecular weight excluding hydrogens is 766 g/mol. The number of aliphatic hydroxyl groups excluding tert-OH is 1. The number of halogens is 1. The van der Waals surface area contributed by atoms with E-state index in [-0.39, 0.29) is 52.0 Å². The van der Waals surface area contributed by atoms with Crippen molar-refractivity contribution in [2.45, 2.75) is 61.6 Å². The lowest BCUT2D eigenvalue weighted by Gasteiger charge is -2.41. The Labute approximate surface area is 332 Å². The SMILES string of the molecule is Cn1cc(-c2c(-c3ccc(O)cc3)c3c(ncc4c3n(C3CCC(CCCO)(NC(=O)OCc5ccccc5)CC3)c(=O)n4C)n2S(=O)(=O)c2ccccc2)c(F)n1. The van der Waals surface area contributed by atoms with Crippen molar-refractivity contribution in [3.05, 3.63) is 119 Å². The third-order valence-electron chi connectivity index (χ3n) is 11.1. The second-order valence-electron chi connectivity index (χ2n) is 14.8. The Bertz CT molecular complexity index is 2810. The molecule has 8 rings (SSSR count).